The molecule has 0 unspecified atom stereocenters. The van der Waals surface area contributed by atoms with Crippen molar-refractivity contribution in [3.05, 3.63) is 52.6 Å². The average molecular weight is 403 g/mol. The zero-order valence-electron chi connectivity index (χ0n) is 17.9. The van der Waals surface area contributed by atoms with Crippen molar-refractivity contribution in [1.29, 1.82) is 0 Å². The molecular weight excluding hydrogens is 372 g/mol. The van der Waals surface area contributed by atoms with Crippen molar-refractivity contribution in [3.63, 3.8) is 0 Å². The molecule has 1 aromatic rings. The Morgan fingerprint density at radius 1 is 1.20 bits per heavy atom. The van der Waals surface area contributed by atoms with Crippen molar-refractivity contribution >= 4 is 5.78 Å². The van der Waals surface area contributed by atoms with Gasteiger partial charge in [0.2, 0.25) is 0 Å². The number of carbonyl (C=O) groups is 1. The summed E-state index contributed by atoms with van der Waals surface area (Å²) in [7, 11) is 1.72. The largest absolute Gasteiger partial charge is 0.496 e. The number of para-hydroxylation sites is 1. The molecule has 1 N–H and O–H groups in total. The first-order valence-electron chi connectivity index (χ1n) is 11.2. The maximum Gasteiger partial charge on any atom is 0.156 e. The van der Waals surface area contributed by atoms with E-state index in [0.717, 1.165) is 37.9 Å². The van der Waals surface area contributed by atoms with Crippen molar-refractivity contribution in [1.82, 2.24) is 0 Å². The number of rotatable bonds is 2. The number of allylic oxidation sites excluding steroid dienone is 4. The van der Waals surface area contributed by atoms with Crippen LogP contribution >= 0.6 is 0 Å². The van der Waals surface area contributed by atoms with Crippen molar-refractivity contribution in [2.75, 3.05) is 7.11 Å². The number of fused-ring (bicyclic) bond motifs is 4. The summed E-state index contributed by atoms with van der Waals surface area (Å²) in [6.45, 7) is 2.21. The highest BCUT2D eigenvalue weighted by molar-refractivity contribution is 5.93. The molecule has 0 saturated heterocycles. The second kappa shape index (κ2) is 6.86. The highest BCUT2D eigenvalue weighted by Crippen LogP contribution is 2.67. The van der Waals surface area contributed by atoms with Crippen molar-refractivity contribution in [2.24, 2.45) is 17.3 Å². The summed E-state index contributed by atoms with van der Waals surface area (Å²) in [5.41, 5.74) is 3.93. The number of hydrogen-bond donors (Lipinski definition) is 1. The van der Waals surface area contributed by atoms with Crippen molar-refractivity contribution in [3.8, 4) is 18.1 Å². The fourth-order valence-electron chi connectivity index (χ4n) is 7.14. The van der Waals surface area contributed by atoms with E-state index in [1.165, 1.54) is 22.3 Å². The number of methoxy groups -OCH3 is 1. The van der Waals surface area contributed by atoms with E-state index < -0.39 is 5.60 Å². The van der Waals surface area contributed by atoms with Crippen LogP contribution in [0.3, 0.4) is 0 Å². The van der Waals surface area contributed by atoms with E-state index in [9.17, 15) is 9.90 Å². The van der Waals surface area contributed by atoms with Crippen LogP contribution in [-0.2, 0) is 4.79 Å². The Bertz CT molecular complexity index is 1010. The number of carbonyl (C=O) groups excluding carboxylic acids is 1. The second-order valence-electron chi connectivity index (χ2n) is 9.78. The zero-order chi connectivity index (χ0) is 21.1. The van der Waals surface area contributed by atoms with Crippen LogP contribution in [0.1, 0.15) is 63.4 Å². The third-order valence-electron chi connectivity index (χ3n) is 8.64. The van der Waals surface area contributed by atoms with Gasteiger partial charge in [0.25, 0.3) is 0 Å². The molecule has 0 bridgehead atoms. The van der Waals surface area contributed by atoms with Gasteiger partial charge in [0.1, 0.15) is 11.4 Å². The van der Waals surface area contributed by atoms with Gasteiger partial charge >= 0.3 is 0 Å². The molecule has 30 heavy (non-hydrogen) atoms. The quantitative estimate of drug-likeness (QED) is 0.712. The predicted molar refractivity (Wildman–Crippen MR) is 117 cm³/mol. The Hall–Kier alpha value is -2.31. The Morgan fingerprint density at radius 2 is 2.00 bits per heavy atom. The molecule has 4 aliphatic carbocycles. The number of terminal acetylenes is 1. The molecule has 0 radical (unpaired) electrons. The lowest BCUT2D eigenvalue weighted by Crippen LogP contribution is -2.51. The summed E-state index contributed by atoms with van der Waals surface area (Å²) in [6.07, 6.45) is 13.7. The summed E-state index contributed by atoms with van der Waals surface area (Å²) in [5, 5.41) is 11.5. The molecule has 2 saturated carbocycles. The monoisotopic (exact) mass is 402 g/mol. The van der Waals surface area contributed by atoms with E-state index in [2.05, 4.69) is 25.0 Å². The number of ether oxygens (including phenoxy) is 1. The Balaban J connectivity index is 1.73. The zero-order valence-corrected chi connectivity index (χ0v) is 17.9. The van der Waals surface area contributed by atoms with Gasteiger partial charge in [-0.3, -0.25) is 4.79 Å². The van der Waals surface area contributed by atoms with E-state index >= 15 is 0 Å². The third kappa shape index (κ3) is 2.59. The van der Waals surface area contributed by atoms with E-state index in [1.807, 2.05) is 18.2 Å². The van der Waals surface area contributed by atoms with E-state index in [4.69, 9.17) is 11.2 Å². The molecule has 3 heteroatoms. The predicted octanol–water partition coefficient (Wildman–Crippen LogP) is 4.96. The summed E-state index contributed by atoms with van der Waals surface area (Å²) in [6, 6.07) is 8.26. The fourth-order valence-corrected chi connectivity index (χ4v) is 7.14. The van der Waals surface area contributed by atoms with Gasteiger partial charge in [-0.2, -0.15) is 0 Å². The highest BCUT2D eigenvalue weighted by atomic mass is 16.5. The lowest BCUT2D eigenvalue weighted by Gasteiger charge is -2.53. The van der Waals surface area contributed by atoms with Gasteiger partial charge < -0.3 is 9.84 Å². The van der Waals surface area contributed by atoms with Crippen LogP contribution in [-0.4, -0.2) is 23.6 Å². The fraction of sp³-hybridized carbons (Fsp3) is 0.519. The van der Waals surface area contributed by atoms with Crippen molar-refractivity contribution in [2.45, 2.75) is 63.4 Å². The number of hydrogen-bond acceptors (Lipinski definition) is 3. The third-order valence-corrected chi connectivity index (χ3v) is 8.64. The molecule has 0 aliphatic heterocycles. The molecule has 5 rings (SSSR count). The van der Waals surface area contributed by atoms with Gasteiger partial charge in [0.05, 0.1) is 7.11 Å². The molecule has 156 valence electrons. The summed E-state index contributed by atoms with van der Waals surface area (Å²) in [5.74, 6) is 4.87. The maximum absolute atomic E-state index is 12.1. The van der Waals surface area contributed by atoms with Crippen LogP contribution in [0, 0.1) is 29.6 Å². The number of ketones is 1. The van der Waals surface area contributed by atoms with Crippen LogP contribution < -0.4 is 4.74 Å². The minimum absolute atomic E-state index is 0.150. The molecule has 0 heterocycles. The minimum Gasteiger partial charge on any atom is -0.496 e. The average Bonchev–Trinajstić information content (AvgIpc) is 3.03. The lowest BCUT2D eigenvalue weighted by atomic mass is 9.51. The maximum atomic E-state index is 12.1. The van der Waals surface area contributed by atoms with Gasteiger partial charge in [0, 0.05) is 23.3 Å². The molecule has 4 aliphatic rings. The molecule has 0 aromatic heterocycles. The SMILES string of the molecule is C#C[C@]1(O)CC[C@H]2[C@@H]3CCC4=CC(=O)CCC4=C3[C@@H](c3ccccc3OC)C[C@@]21C. The molecule has 3 nitrogen and oxygen atoms in total. The van der Waals surface area contributed by atoms with E-state index in [0.29, 0.717) is 24.7 Å². The first-order valence-corrected chi connectivity index (χ1v) is 11.2. The Kier molecular flexibility index (Phi) is 4.49. The van der Waals surface area contributed by atoms with Gasteiger partial charge in [-0.25, -0.2) is 0 Å². The first-order chi connectivity index (χ1) is 14.4. The van der Waals surface area contributed by atoms with Gasteiger partial charge in [-0.1, -0.05) is 36.6 Å². The van der Waals surface area contributed by atoms with Crippen LogP contribution in [0.5, 0.6) is 5.75 Å². The minimum atomic E-state index is -1.06. The second-order valence-corrected chi connectivity index (χ2v) is 9.78. The van der Waals surface area contributed by atoms with Crippen LogP contribution in [0.2, 0.25) is 0 Å². The molecular formula is C27H30O3. The topological polar surface area (TPSA) is 46.5 Å². The van der Waals surface area contributed by atoms with Gasteiger partial charge in [0.15, 0.2) is 5.78 Å². The molecule has 0 spiro atoms. The normalized spacial score (nSPS) is 37.6. The number of benzene rings is 1. The summed E-state index contributed by atoms with van der Waals surface area (Å²) in [4.78, 5) is 12.1. The molecule has 5 atom stereocenters. The molecule has 0 amide bonds. The molecule has 2 fully saturated rings. The molecule has 1 aromatic carbocycles. The van der Waals surface area contributed by atoms with Crippen LogP contribution in [0.25, 0.3) is 0 Å². The Morgan fingerprint density at radius 3 is 2.77 bits per heavy atom. The standard InChI is InChI=1S/C27H30O3/c1-4-27(29)14-13-23-21-11-9-17-15-18(28)10-12-19(17)25(21)22(16-26(23,27)2)20-7-5-6-8-24(20)30-3/h1,5-8,15,21-23,29H,9-14,16H2,2-3H3/t21-,22+,23-,26-,27-/m0/s1. The Labute approximate surface area is 179 Å². The van der Waals surface area contributed by atoms with Gasteiger partial charge in [-0.15, -0.1) is 6.42 Å². The van der Waals surface area contributed by atoms with Crippen molar-refractivity contribution < 1.29 is 14.6 Å². The number of aliphatic hydroxyl groups is 1. The van der Waals surface area contributed by atoms with E-state index in [-0.39, 0.29) is 17.1 Å². The smallest absolute Gasteiger partial charge is 0.156 e. The van der Waals surface area contributed by atoms with Crippen LogP contribution in [0.15, 0.2) is 47.1 Å². The van der Waals surface area contributed by atoms with Gasteiger partial charge in [-0.05, 0) is 73.6 Å². The summed E-state index contributed by atoms with van der Waals surface area (Å²) >= 11 is 0. The first kappa shape index (κ1) is 19.6. The van der Waals surface area contributed by atoms with E-state index in [1.54, 1.807) is 7.11 Å². The lowest BCUT2D eigenvalue weighted by molar-refractivity contribution is -0.114. The summed E-state index contributed by atoms with van der Waals surface area (Å²) < 4.78 is 5.76. The van der Waals surface area contributed by atoms with Crippen LogP contribution in [0.4, 0.5) is 0 Å². The highest BCUT2D eigenvalue weighted by Gasteiger charge is 2.62.